The molecule has 14 heteroatoms. The minimum absolute atomic E-state index is 0.0491. The fourth-order valence-corrected chi connectivity index (χ4v) is 6.55. The molecule has 1 amide bonds. The first-order chi connectivity index (χ1) is 21.6. The summed E-state index contributed by atoms with van der Waals surface area (Å²) in [5.41, 5.74) is -0.0277. The van der Waals surface area contributed by atoms with E-state index < -0.39 is 36.8 Å². The molecule has 0 aliphatic carbocycles. The van der Waals surface area contributed by atoms with Gasteiger partial charge in [0.2, 0.25) is 11.9 Å². The lowest BCUT2D eigenvalue weighted by Gasteiger charge is -2.63. The summed E-state index contributed by atoms with van der Waals surface area (Å²) < 4.78 is 20.7. The third-order valence-electron chi connectivity index (χ3n) is 9.47. The Labute approximate surface area is 267 Å². The first-order valence-electron chi connectivity index (χ1n) is 15.6. The van der Waals surface area contributed by atoms with Gasteiger partial charge >= 0.3 is 0 Å². The number of likely N-dealkylation sites (tertiary alicyclic amines) is 2. The maximum absolute atomic E-state index is 14.9. The Morgan fingerprint density at radius 3 is 2.38 bits per heavy atom. The Hall–Kier alpha value is -2.65. The molecule has 5 rings (SSSR count). The van der Waals surface area contributed by atoms with Gasteiger partial charge < -0.3 is 40.1 Å². The molecule has 248 valence electrons. The first-order valence-corrected chi connectivity index (χ1v) is 16.0. The van der Waals surface area contributed by atoms with Crippen LogP contribution >= 0.6 is 11.6 Å². The number of ether oxygens (including phenoxy) is 1. The number of rotatable bonds is 14. The van der Waals surface area contributed by atoms with Crippen molar-refractivity contribution < 1.29 is 39.5 Å². The van der Waals surface area contributed by atoms with Crippen LogP contribution in [-0.2, 0) is 11.2 Å². The number of aliphatic hydroxyl groups excluding tert-OH is 5. The van der Waals surface area contributed by atoms with Gasteiger partial charge in [-0.05, 0) is 49.7 Å². The minimum Gasteiger partial charge on any atom is -0.493 e. The number of halogens is 2. The number of amides is 1. The van der Waals surface area contributed by atoms with Crippen LogP contribution in [0.1, 0.15) is 37.7 Å². The maximum atomic E-state index is 14.9. The average Bonchev–Trinajstić information content (AvgIpc) is 3.01. The second-order valence-corrected chi connectivity index (χ2v) is 13.0. The van der Waals surface area contributed by atoms with Crippen molar-refractivity contribution in [2.24, 2.45) is 5.92 Å². The number of aliphatic hydroxyl groups is 5. The van der Waals surface area contributed by atoms with Crippen LogP contribution in [0.4, 0.5) is 10.3 Å². The van der Waals surface area contributed by atoms with Gasteiger partial charge in [0.25, 0.3) is 0 Å². The molecule has 4 atom stereocenters. The van der Waals surface area contributed by atoms with Crippen molar-refractivity contribution in [3.63, 3.8) is 0 Å². The molecule has 3 aliphatic heterocycles. The second kappa shape index (κ2) is 14.8. The zero-order valence-corrected chi connectivity index (χ0v) is 26.0. The van der Waals surface area contributed by atoms with Gasteiger partial charge in [-0.3, -0.25) is 9.69 Å². The molecule has 1 aromatic heterocycles. The number of carbonyl (C=O) groups is 1. The van der Waals surface area contributed by atoms with E-state index in [-0.39, 0.29) is 24.4 Å². The SMILES string of the molecule is O=C(Cc1ccc(OCCCC2CCN(c3ncc(Cl)cn3)CC2)cc1F)N1CC2(CCN2C[C@H](O)[C@@H](O)[C@H](O)[C@H](O)CO)C1. The summed E-state index contributed by atoms with van der Waals surface area (Å²) in [6.07, 6.45) is 1.72. The molecular formula is C31H43ClFN5O7. The molecule has 0 unspecified atom stereocenters. The van der Waals surface area contributed by atoms with E-state index in [4.69, 9.17) is 21.4 Å². The van der Waals surface area contributed by atoms with Gasteiger partial charge in [-0.2, -0.15) is 0 Å². The molecule has 0 radical (unpaired) electrons. The van der Waals surface area contributed by atoms with E-state index in [1.165, 1.54) is 6.07 Å². The van der Waals surface area contributed by atoms with Crippen molar-refractivity contribution in [2.75, 3.05) is 57.4 Å². The lowest BCUT2D eigenvalue weighted by molar-refractivity contribution is -0.173. The fourth-order valence-electron chi connectivity index (χ4n) is 6.46. The zero-order chi connectivity index (χ0) is 32.1. The Kier molecular flexibility index (Phi) is 11.1. The molecule has 12 nitrogen and oxygen atoms in total. The van der Waals surface area contributed by atoms with Crippen molar-refractivity contribution in [3.05, 3.63) is 47.0 Å². The van der Waals surface area contributed by atoms with E-state index >= 15 is 0 Å². The van der Waals surface area contributed by atoms with E-state index in [0.717, 1.165) is 45.2 Å². The van der Waals surface area contributed by atoms with Gasteiger partial charge in [-0.25, -0.2) is 14.4 Å². The number of anilines is 1. The zero-order valence-electron chi connectivity index (χ0n) is 25.2. The summed E-state index contributed by atoms with van der Waals surface area (Å²) in [5, 5.41) is 49.3. The fraction of sp³-hybridized carbons (Fsp3) is 0.645. The Bertz CT molecular complexity index is 1280. The number of carbonyl (C=O) groups excluding carboxylic acids is 1. The lowest BCUT2D eigenvalue weighted by Crippen LogP contribution is -2.78. The molecule has 5 N–H and O–H groups in total. The molecule has 0 bridgehead atoms. The van der Waals surface area contributed by atoms with Gasteiger partial charge in [-0.15, -0.1) is 0 Å². The van der Waals surface area contributed by atoms with E-state index in [1.807, 2.05) is 4.90 Å². The number of aromatic nitrogens is 2. The van der Waals surface area contributed by atoms with Gasteiger partial charge in [0, 0.05) is 45.3 Å². The Morgan fingerprint density at radius 1 is 1.07 bits per heavy atom. The largest absolute Gasteiger partial charge is 0.493 e. The van der Waals surface area contributed by atoms with Crippen molar-refractivity contribution >= 4 is 23.5 Å². The van der Waals surface area contributed by atoms with E-state index in [2.05, 4.69) is 14.9 Å². The lowest BCUT2D eigenvalue weighted by atomic mass is 9.76. The topological polar surface area (TPSA) is 163 Å². The van der Waals surface area contributed by atoms with Gasteiger partial charge in [0.15, 0.2) is 0 Å². The predicted octanol–water partition coefficient (Wildman–Crippen LogP) is 0.610. The normalized spacial score (nSPS) is 21.1. The number of benzene rings is 1. The third-order valence-corrected chi connectivity index (χ3v) is 9.66. The van der Waals surface area contributed by atoms with Gasteiger partial charge in [0.1, 0.15) is 29.9 Å². The highest BCUT2D eigenvalue weighted by atomic mass is 35.5. The number of hydrogen-bond acceptors (Lipinski definition) is 11. The summed E-state index contributed by atoms with van der Waals surface area (Å²) in [6, 6.07) is 4.61. The van der Waals surface area contributed by atoms with Gasteiger partial charge in [0.05, 0.1) is 48.7 Å². The molecule has 1 spiro atoms. The molecule has 45 heavy (non-hydrogen) atoms. The standard InChI is InChI=1S/C31H43ClFN5O7/c32-22-14-34-30(35-15-22)36-8-5-20(6-9-36)2-1-11-45-23-4-3-21(24(33)13-23)12-27(42)37-18-31(19-37)7-10-38(31)16-25(40)28(43)29(44)26(41)17-39/h3-4,13-15,20,25-26,28-29,39-41,43-44H,1-2,5-12,16-19H2/t25-,26+,28+,29+/m0/s1. The molecule has 0 saturated carbocycles. The van der Waals surface area contributed by atoms with Crippen LogP contribution in [0.5, 0.6) is 5.75 Å². The summed E-state index contributed by atoms with van der Waals surface area (Å²) in [7, 11) is 0. The molecule has 4 heterocycles. The quantitative estimate of drug-likeness (QED) is 0.182. The van der Waals surface area contributed by atoms with Crippen LogP contribution in [0, 0.1) is 11.7 Å². The van der Waals surface area contributed by atoms with E-state index in [9.17, 15) is 29.6 Å². The number of β-amino-alcohol motifs (C(OH)–C–C–N with tert-alkyl or cyclic N) is 1. The van der Waals surface area contributed by atoms with Crippen molar-refractivity contribution in [1.29, 1.82) is 0 Å². The average molecular weight is 652 g/mol. The first kappa shape index (κ1) is 33.7. The van der Waals surface area contributed by atoms with E-state index in [0.29, 0.717) is 54.4 Å². The van der Waals surface area contributed by atoms with Crippen LogP contribution in [0.2, 0.25) is 5.02 Å². The second-order valence-electron chi connectivity index (χ2n) is 12.5. The van der Waals surface area contributed by atoms with Crippen LogP contribution < -0.4 is 9.64 Å². The third kappa shape index (κ3) is 8.02. The minimum atomic E-state index is -1.68. The van der Waals surface area contributed by atoms with Crippen molar-refractivity contribution in [1.82, 2.24) is 19.8 Å². The Balaban J connectivity index is 0.994. The van der Waals surface area contributed by atoms with E-state index in [1.54, 1.807) is 29.4 Å². The monoisotopic (exact) mass is 651 g/mol. The Morgan fingerprint density at radius 2 is 1.76 bits per heavy atom. The molecule has 3 aliphatic rings. The summed E-state index contributed by atoms with van der Waals surface area (Å²) in [4.78, 5) is 27.2. The predicted molar refractivity (Wildman–Crippen MR) is 163 cm³/mol. The molecule has 3 saturated heterocycles. The molecular weight excluding hydrogens is 609 g/mol. The maximum Gasteiger partial charge on any atom is 0.227 e. The summed E-state index contributed by atoms with van der Waals surface area (Å²) >= 11 is 5.88. The van der Waals surface area contributed by atoms with Gasteiger partial charge in [-0.1, -0.05) is 17.7 Å². The molecule has 1 aromatic carbocycles. The number of hydrogen-bond donors (Lipinski definition) is 5. The molecule has 3 fully saturated rings. The van der Waals surface area contributed by atoms with Crippen LogP contribution in [0.25, 0.3) is 0 Å². The van der Waals surface area contributed by atoms with Crippen molar-refractivity contribution in [2.45, 2.75) is 68.5 Å². The van der Waals surface area contributed by atoms with Crippen LogP contribution in [0.3, 0.4) is 0 Å². The highest BCUT2D eigenvalue weighted by molar-refractivity contribution is 6.30. The summed E-state index contributed by atoms with van der Waals surface area (Å²) in [6.45, 7) is 3.08. The highest BCUT2D eigenvalue weighted by Gasteiger charge is 2.55. The van der Waals surface area contributed by atoms with Crippen LogP contribution in [-0.4, -0.2) is 134 Å². The van der Waals surface area contributed by atoms with Crippen LogP contribution in [0.15, 0.2) is 30.6 Å². The number of piperidine rings is 1. The molecule has 2 aromatic rings. The number of nitrogens with zero attached hydrogens (tertiary/aromatic N) is 5. The smallest absolute Gasteiger partial charge is 0.227 e. The highest BCUT2D eigenvalue weighted by Crippen LogP contribution is 2.39. The van der Waals surface area contributed by atoms with Crippen molar-refractivity contribution in [3.8, 4) is 5.75 Å². The summed E-state index contributed by atoms with van der Waals surface area (Å²) in [5.74, 6) is 1.04.